The first kappa shape index (κ1) is 23.1. The standard InChI is InChI=1S/C29H33NO4/c1-18-15-21-22(28(4,5)12-11-27(21,2)3)16-20(18)29(33-13-6-14-34-29)25-10-7-19(17-30-25)26-23(31)8-9-24(26)32/h7,10-12,15-17,26H,6,8-9,13-14H2,1-5H3. The molecule has 1 saturated carbocycles. The Balaban J connectivity index is 1.63. The highest BCUT2D eigenvalue weighted by Crippen LogP contribution is 2.46. The molecular weight excluding hydrogens is 426 g/mol. The van der Waals surface area contributed by atoms with Crippen molar-refractivity contribution in [3.05, 3.63) is 76.1 Å². The normalized spacial score (nSPS) is 23.2. The molecule has 2 fully saturated rings. The van der Waals surface area contributed by atoms with Crippen molar-refractivity contribution in [3.8, 4) is 0 Å². The third-order valence-electron chi connectivity index (χ3n) is 7.64. The van der Waals surface area contributed by atoms with E-state index in [0.717, 1.165) is 17.5 Å². The molecule has 1 aromatic carbocycles. The van der Waals surface area contributed by atoms with Gasteiger partial charge in [-0.15, -0.1) is 0 Å². The van der Waals surface area contributed by atoms with E-state index in [0.29, 0.717) is 37.3 Å². The Morgan fingerprint density at radius 3 is 2.00 bits per heavy atom. The fraction of sp³-hybridized carbons (Fsp3) is 0.483. The van der Waals surface area contributed by atoms with E-state index < -0.39 is 11.7 Å². The van der Waals surface area contributed by atoms with E-state index in [-0.39, 0.29) is 22.4 Å². The predicted molar refractivity (Wildman–Crippen MR) is 130 cm³/mol. The average molecular weight is 460 g/mol. The van der Waals surface area contributed by atoms with Crippen LogP contribution in [-0.4, -0.2) is 29.8 Å². The Kier molecular flexibility index (Phi) is 5.41. The van der Waals surface area contributed by atoms with Gasteiger partial charge in [0.15, 0.2) is 0 Å². The van der Waals surface area contributed by atoms with Crippen molar-refractivity contribution in [2.45, 2.75) is 76.4 Å². The zero-order valence-corrected chi connectivity index (χ0v) is 20.7. The Morgan fingerprint density at radius 1 is 0.853 bits per heavy atom. The fourth-order valence-electron chi connectivity index (χ4n) is 5.56. The maximum Gasteiger partial charge on any atom is 0.240 e. The van der Waals surface area contributed by atoms with E-state index in [4.69, 9.17) is 14.5 Å². The van der Waals surface area contributed by atoms with Crippen LogP contribution in [0, 0.1) is 6.92 Å². The monoisotopic (exact) mass is 459 g/mol. The summed E-state index contributed by atoms with van der Waals surface area (Å²) >= 11 is 0. The number of carbonyl (C=O) groups excluding carboxylic acids is 2. The summed E-state index contributed by atoms with van der Waals surface area (Å²) in [5.74, 6) is -1.86. The average Bonchev–Trinajstić information content (AvgIpc) is 3.15. The van der Waals surface area contributed by atoms with Gasteiger partial charge in [-0.3, -0.25) is 14.6 Å². The first-order chi connectivity index (χ1) is 16.1. The number of aryl methyl sites for hydroxylation is 1. The molecule has 2 aromatic rings. The van der Waals surface area contributed by atoms with Gasteiger partial charge in [0.1, 0.15) is 23.2 Å². The number of hydrogen-bond donors (Lipinski definition) is 0. The molecule has 0 bridgehead atoms. The van der Waals surface area contributed by atoms with E-state index in [1.165, 1.54) is 11.1 Å². The topological polar surface area (TPSA) is 65.5 Å². The third-order valence-corrected chi connectivity index (χ3v) is 7.64. The number of rotatable bonds is 3. The minimum Gasteiger partial charge on any atom is -0.341 e. The summed E-state index contributed by atoms with van der Waals surface area (Å²) in [4.78, 5) is 29.2. The lowest BCUT2D eigenvalue weighted by molar-refractivity contribution is -0.251. The number of nitrogens with zero attached hydrogens (tertiary/aromatic N) is 1. The van der Waals surface area contributed by atoms with Gasteiger partial charge >= 0.3 is 0 Å². The van der Waals surface area contributed by atoms with E-state index >= 15 is 0 Å². The number of allylic oxidation sites excluding steroid dienone is 2. The summed E-state index contributed by atoms with van der Waals surface area (Å²) in [5, 5.41) is 0. The molecule has 34 heavy (non-hydrogen) atoms. The lowest BCUT2D eigenvalue weighted by Gasteiger charge is -2.41. The minimum absolute atomic E-state index is 0.0251. The molecule has 1 aromatic heterocycles. The quantitative estimate of drug-likeness (QED) is 0.468. The second-order valence-corrected chi connectivity index (χ2v) is 11.0. The van der Waals surface area contributed by atoms with Crippen molar-refractivity contribution in [2.24, 2.45) is 0 Å². The van der Waals surface area contributed by atoms with Gasteiger partial charge in [-0.25, -0.2) is 0 Å². The fourth-order valence-corrected chi connectivity index (χ4v) is 5.56. The van der Waals surface area contributed by atoms with Crippen molar-refractivity contribution >= 4 is 11.6 Å². The summed E-state index contributed by atoms with van der Waals surface area (Å²) in [7, 11) is 0. The van der Waals surface area contributed by atoms with Crippen molar-refractivity contribution in [3.63, 3.8) is 0 Å². The zero-order chi connectivity index (χ0) is 24.3. The third kappa shape index (κ3) is 3.57. The van der Waals surface area contributed by atoms with E-state index in [2.05, 4.69) is 58.9 Å². The first-order valence-corrected chi connectivity index (χ1v) is 12.2. The van der Waals surface area contributed by atoms with Crippen LogP contribution >= 0.6 is 0 Å². The highest BCUT2D eigenvalue weighted by atomic mass is 16.7. The van der Waals surface area contributed by atoms with Crippen molar-refractivity contribution in [2.75, 3.05) is 13.2 Å². The Labute approximate surface area is 201 Å². The smallest absolute Gasteiger partial charge is 0.240 e. The van der Waals surface area contributed by atoms with Gasteiger partial charge < -0.3 is 9.47 Å². The molecule has 0 atom stereocenters. The molecular formula is C29H33NO4. The SMILES string of the molecule is Cc1cc2c(cc1C1(c3ccc(C4C(=O)CCC4=O)cn3)OCCCO1)C(C)(C)C=CC2(C)C. The zero-order valence-electron chi connectivity index (χ0n) is 20.7. The van der Waals surface area contributed by atoms with Crippen LogP contribution in [0.2, 0.25) is 0 Å². The molecule has 5 nitrogen and oxygen atoms in total. The first-order valence-electron chi connectivity index (χ1n) is 12.2. The molecule has 1 aliphatic heterocycles. The summed E-state index contributed by atoms with van der Waals surface area (Å²) in [6.07, 6.45) is 7.67. The van der Waals surface area contributed by atoms with Crippen LogP contribution in [0.3, 0.4) is 0 Å². The molecule has 2 heterocycles. The molecule has 0 amide bonds. The number of fused-ring (bicyclic) bond motifs is 1. The maximum atomic E-state index is 12.2. The number of pyridine rings is 1. The van der Waals surface area contributed by atoms with Crippen LogP contribution in [0.25, 0.3) is 0 Å². The minimum atomic E-state index is -1.12. The summed E-state index contributed by atoms with van der Waals surface area (Å²) in [5.41, 5.74) is 5.73. The number of hydrogen-bond acceptors (Lipinski definition) is 5. The molecule has 0 radical (unpaired) electrons. The van der Waals surface area contributed by atoms with Gasteiger partial charge in [-0.05, 0) is 47.7 Å². The van der Waals surface area contributed by atoms with E-state index in [9.17, 15) is 9.59 Å². The molecule has 0 spiro atoms. The largest absolute Gasteiger partial charge is 0.341 e. The summed E-state index contributed by atoms with van der Waals surface area (Å²) < 4.78 is 12.8. The number of aromatic nitrogens is 1. The lowest BCUT2D eigenvalue weighted by atomic mass is 9.66. The molecule has 5 heteroatoms. The molecule has 178 valence electrons. The van der Waals surface area contributed by atoms with Crippen LogP contribution in [0.5, 0.6) is 0 Å². The Hall–Kier alpha value is -2.63. The van der Waals surface area contributed by atoms with Gasteiger partial charge in [-0.1, -0.05) is 52.0 Å². The van der Waals surface area contributed by atoms with Crippen LogP contribution in [0.1, 0.15) is 86.4 Å². The second kappa shape index (κ2) is 7.96. The molecule has 0 unspecified atom stereocenters. The van der Waals surface area contributed by atoms with E-state index in [1.807, 2.05) is 12.1 Å². The number of carbonyl (C=O) groups is 2. The van der Waals surface area contributed by atoms with Crippen molar-refractivity contribution in [1.82, 2.24) is 4.98 Å². The van der Waals surface area contributed by atoms with Gasteiger partial charge in [0.2, 0.25) is 5.79 Å². The highest BCUT2D eigenvalue weighted by molar-refractivity contribution is 6.13. The predicted octanol–water partition coefficient (Wildman–Crippen LogP) is 5.17. The summed E-state index contributed by atoms with van der Waals surface area (Å²) in [6.45, 7) is 12.2. The maximum absolute atomic E-state index is 12.2. The van der Waals surface area contributed by atoms with Crippen molar-refractivity contribution in [1.29, 1.82) is 0 Å². The van der Waals surface area contributed by atoms with Gasteiger partial charge in [-0.2, -0.15) is 0 Å². The van der Waals surface area contributed by atoms with Crippen LogP contribution < -0.4 is 0 Å². The van der Waals surface area contributed by atoms with Gasteiger partial charge in [0, 0.05) is 35.4 Å². The summed E-state index contributed by atoms with van der Waals surface area (Å²) in [6, 6.07) is 8.19. The van der Waals surface area contributed by atoms with E-state index in [1.54, 1.807) is 6.20 Å². The second-order valence-electron chi connectivity index (χ2n) is 11.0. The Morgan fingerprint density at radius 2 is 1.44 bits per heavy atom. The molecule has 1 saturated heterocycles. The molecule has 0 N–H and O–H groups in total. The van der Waals surface area contributed by atoms with Crippen molar-refractivity contribution < 1.29 is 19.1 Å². The molecule has 2 aliphatic carbocycles. The van der Waals surface area contributed by atoms with Gasteiger partial charge in [0.05, 0.1) is 13.2 Å². The number of ketones is 2. The highest BCUT2D eigenvalue weighted by Gasteiger charge is 2.44. The van der Waals surface area contributed by atoms with Crippen LogP contribution in [0.15, 0.2) is 42.6 Å². The number of benzene rings is 1. The van der Waals surface area contributed by atoms with Crippen LogP contribution in [0.4, 0.5) is 0 Å². The van der Waals surface area contributed by atoms with Crippen LogP contribution in [-0.2, 0) is 35.7 Å². The van der Waals surface area contributed by atoms with Gasteiger partial charge in [0.25, 0.3) is 0 Å². The number of ether oxygens (including phenoxy) is 2. The number of Topliss-reactive ketones (excluding diaryl/α,β-unsaturated/α-hetero) is 2. The lowest BCUT2D eigenvalue weighted by Crippen LogP contribution is -2.41. The molecule has 3 aliphatic rings. The molecule has 5 rings (SSSR count). The Bertz CT molecular complexity index is 1170.